The van der Waals surface area contributed by atoms with Gasteiger partial charge in [0.25, 0.3) is 10.0 Å². The number of halogens is 1. The third-order valence-electron chi connectivity index (χ3n) is 3.70. The number of nitrogens with one attached hydrogen (secondary N) is 1. The quantitative estimate of drug-likeness (QED) is 0.873. The summed E-state index contributed by atoms with van der Waals surface area (Å²) in [6.07, 6.45) is 3.46. The molecule has 0 bridgehead atoms. The molecular weight excluding hydrogens is 366 g/mol. The van der Waals surface area contributed by atoms with Gasteiger partial charge in [0.2, 0.25) is 0 Å². The van der Waals surface area contributed by atoms with Crippen molar-refractivity contribution >= 4 is 37.3 Å². The SMILES string of the molecule is O=S(=O)(N[C@H]1CCCCC12OCCO2)c1sccc1Br. The van der Waals surface area contributed by atoms with Gasteiger partial charge in [-0.25, -0.2) is 13.1 Å². The highest BCUT2D eigenvalue weighted by Crippen LogP contribution is 2.37. The molecule has 0 amide bonds. The summed E-state index contributed by atoms with van der Waals surface area (Å²) in [6, 6.07) is 1.41. The van der Waals surface area contributed by atoms with Crippen molar-refractivity contribution in [2.45, 2.75) is 41.7 Å². The molecule has 20 heavy (non-hydrogen) atoms. The second-order valence-corrected chi connectivity index (χ2v) is 8.66. The zero-order valence-corrected chi connectivity index (χ0v) is 14.0. The minimum absolute atomic E-state index is 0.302. The van der Waals surface area contributed by atoms with Crippen molar-refractivity contribution in [3.63, 3.8) is 0 Å². The molecule has 2 heterocycles. The summed E-state index contributed by atoms with van der Waals surface area (Å²) in [5.41, 5.74) is 0. The fourth-order valence-electron chi connectivity index (χ4n) is 2.79. The second kappa shape index (κ2) is 5.66. The number of thiophene rings is 1. The molecule has 0 unspecified atom stereocenters. The molecule has 8 heteroatoms. The first kappa shape index (κ1) is 14.9. The van der Waals surface area contributed by atoms with Crippen LogP contribution < -0.4 is 4.72 Å². The smallest absolute Gasteiger partial charge is 0.251 e. The number of sulfonamides is 1. The standard InChI is InChI=1S/C12H16BrNO4S2/c13-9-4-8-19-11(9)20(15,16)14-10-3-1-2-5-12(10)17-6-7-18-12/h4,8,10,14H,1-3,5-7H2/t10-/m0/s1. The van der Waals surface area contributed by atoms with Crippen molar-refractivity contribution in [2.24, 2.45) is 0 Å². The molecule has 2 fully saturated rings. The van der Waals surface area contributed by atoms with E-state index in [0.717, 1.165) is 25.7 Å². The second-order valence-electron chi connectivity index (χ2n) is 4.98. The van der Waals surface area contributed by atoms with Crippen LogP contribution in [-0.2, 0) is 19.5 Å². The Hall–Kier alpha value is 0.01000. The van der Waals surface area contributed by atoms with Crippen molar-refractivity contribution in [1.82, 2.24) is 4.72 Å². The lowest BCUT2D eigenvalue weighted by atomic mass is 9.90. The van der Waals surface area contributed by atoms with Gasteiger partial charge in [-0.05, 0) is 40.2 Å². The average Bonchev–Trinajstić information content (AvgIpc) is 3.02. The molecule has 0 radical (unpaired) electrons. The molecule has 1 aliphatic carbocycles. The maximum absolute atomic E-state index is 12.5. The van der Waals surface area contributed by atoms with Gasteiger partial charge in [-0.3, -0.25) is 0 Å². The first-order chi connectivity index (χ1) is 9.54. The predicted molar refractivity (Wildman–Crippen MR) is 79.2 cm³/mol. The highest BCUT2D eigenvalue weighted by atomic mass is 79.9. The van der Waals surface area contributed by atoms with Gasteiger partial charge < -0.3 is 9.47 Å². The number of hydrogen-bond donors (Lipinski definition) is 1. The Morgan fingerprint density at radius 3 is 2.75 bits per heavy atom. The monoisotopic (exact) mass is 381 g/mol. The van der Waals surface area contributed by atoms with Crippen LogP contribution >= 0.6 is 27.3 Å². The van der Waals surface area contributed by atoms with Gasteiger partial charge in [-0.2, -0.15) is 0 Å². The third kappa shape index (κ3) is 2.69. The van der Waals surface area contributed by atoms with E-state index in [1.165, 1.54) is 11.3 Å². The van der Waals surface area contributed by atoms with Crippen LogP contribution in [0.25, 0.3) is 0 Å². The van der Waals surface area contributed by atoms with E-state index >= 15 is 0 Å². The molecule has 112 valence electrons. The van der Waals surface area contributed by atoms with Crippen molar-refractivity contribution < 1.29 is 17.9 Å². The lowest BCUT2D eigenvalue weighted by molar-refractivity contribution is -0.191. The molecule has 1 aromatic heterocycles. The fraction of sp³-hybridized carbons (Fsp3) is 0.667. The molecule has 1 aromatic rings. The maximum atomic E-state index is 12.5. The third-order valence-corrected chi connectivity index (χ3v) is 7.84. The van der Waals surface area contributed by atoms with Crippen molar-refractivity contribution in [3.05, 3.63) is 15.9 Å². The topological polar surface area (TPSA) is 64.6 Å². The Labute approximate surface area is 130 Å². The van der Waals surface area contributed by atoms with E-state index in [1.807, 2.05) is 0 Å². The summed E-state index contributed by atoms with van der Waals surface area (Å²) >= 11 is 4.47. The minimum Gasteiger partial charge on any atom is -0.346 e. The Kier molecular flexibility index (Phi) is 4.22. The van der Waals surface area contributed by atoms with Crippen LogP contribution in [0, 0.1) is 0 Å². The lowest BCUT2D eigenvalue weighted by Crippen LogP contribution is -2.55. The zero-order chi connectivity index (χ0) is 14.2. The predicted octanol–water partition coefficient (Wildman–Crippen LogP) is 2.47. The van der Waals surface area contributed by atoms with Crippen LogP contribution in [-0.4, -0.2) is 33.5 Å². The summed E-state index contributed by atoms with van der Waals surface area (Å²) < 4.78 is 40.1. The Morgan fingerprint density at radius 2 is 2.10 bits per heavy atom. The van der Waals surface area contributed by atoms with Crippen LogP contribution in [0.2, 0.25) is 0 Å². The summed E-state index contributed by atoms with van der Waals surface area (Å²) in [6.45, 7) is 1.06. The van der Waals surface area contributed by atoms with Crippen molar-refractivity contribution in [3.8, 4) is 0 Å². The summed E-state index contributed by atoms with van der Waals surface area (Å²) in [7, 11) is -3.55. The van der Waals surface area contributed by atoms with E-state index in [9.17, 15) is 8.42 Å². The highest BCUT2D eigenvalue weighted by Gasteiger charge is 2.47. The van der Waals surface area contributed by atoms with Gasteiger partial charge in [0.15, 0.2) is 5.79 Å². The molecule has 1 aliphatic heterocycles. The highest BCUT2D eigenvalue weighted by molar-refractivity contribution is 9.10. The van der Waals surface area contributed by atoms with Crippen LogP contribution in [0.3, 0.4) is 0 Å². The van der Waals surface area contributed by atoms with Crippen molar-refractivity contribution in [1.29, 1.82) is 0 Å². The van der Waals surface area contributed by atoms with Gasteiger partial charge in [-0.1, -0.05) is 6.42 Å². The van der Waals surface area contributed by atoms with Gasteiger partial charge in [0.1, 0.15) is 4.21 Å². The summed E-state index contributed by atoms with van der Waals surface area (Å²) in [5.74, 6) is -0.769. The number of hydrogen-bond acceptors (Lipinski definition) is 5. The largest absolute Gasteiger partial charge is 0.346 e. The molecule has 5 nitrogen and oxygen atoms in total. The van der Waals surface area contributed by atoms with Gasteiger partial charge >= 0.3 is 0 Å². The fourth-order valence-corrected chi connectivity index (χ4v) is 6.45. The molecule has 1 atom stereocenters. The van der Waals surface area contributed by atoms with Crippen LogP contribution in [0.15, 0.2) is 20.1 Å². The minimum atomic E-state index is -3.55. The summed E-state index contributed by atoms with van der Waals surface area (Å²) in [5, 5.41) is 1.75. The average molecular weight is 382 g/mol. The molecule has 1 spiro atoms. The first-order valence-corrected chi connectivity index (χ1v) is 9.72. The Morgan fingerprint density at radius 1 is 1.35 bits per heavy atom. The van der Waals surface area contributed by atoms with E-state index in [0.29, 0.717) is 21.9 Å². The molecule has 2 aliphatic rings. The van der Waals surface area contributed by atoms with Crippen LogP contribution in [0.4, 0.5) is 0 Å². The Bertz CT molecular complexity index is 580. The lowest BCUT2D eigenvalue weighted by Gasteiger charge is -2.39. The molecule has 1 N–H and O–H groups in total. The number of ether oxygens (including phenoxy) is 2. The van der Waals surface area contributed by atoms with E-state index < -0.39 is 15.8 Å². The van der Waals surface area contributed by atoms with E-state index in [-0.39, 0.29) is 6.04 Å². The summed E-state index contributed by atoms with van der Waals surface area (Å²) in [4.78, 5) is 0. The molecule has 1 saturated heterocycles. The van der Waals surface area contributed by atoms with Gasteiger partial charge in [0, 0.05) is 10.9 Å². The Balaban J connectivity index is 1.84. The van der Waals surface area contributed by atoms with Gasteiger partial charge in [0.05, 0.1) is 19.3 Å². The van der Waals surface area contributed by atoms with E-state index in [2.05, 4.69) is 20.7 Å². The van der Waals surface area contributed by atoms with Crippen LogP contribution in [0.5, 0.6) is 0 Å². The maximum Gasteiger partial charge on any atom is 0.251 e. The molecule has 3 rings (SSSR count). The van der Waals surface area contributed by atoms with Gasteiger partial charge in [-0.15, -0.1) is 11.3 Å². The number of rotatable bonds is 3. The van der Waals surface area contributed by atoms with E-state index in [4.69, 9.17) is 9.47 Å². The van der Waals surface area contributed by atoms with E-state index in [1.54, 1.807) is 11.4 Å². The normalized spacial score (nSPS) is 26.1. The zero-order valence-electron chi connectivity index (χ0n) is 10.8. The first-order valence-electron chi connectivity index (χ1n) is 6.57. The molecule has 1 saturated carbocycles. The van der Waals surface area contributed by atoms with Crippen LogP contribution in [0.1, 0.15) is 25.7 Å². The molecule has 0 aromatic carbocycles. The van der Waals surface area contributed by atoms with Crippen molar-refractivity contribution in [2.75, 3.05) is 13.2 Å². The molecular formula is C12H16BrNO4S2.